The first-order valence-electron chi connectivity index (χ1n) is 32.9. The standard InChI is InChI=1S/C69H125N2O7P/c1-7-10-13-16-19-22-25-28-30-31-32-33-34-35-36-37-38-39-41-43-46-49-52-55-58-61-68(72)70-66(65-77-79(74,75)76-64-63-71(4,5)6)67(60-57-54-51-48-45-42-27-24-21-18-15-12-9-3)78-69(73)62-59-56-53-50-47-44-40-29-26-23-20-17-14-11-8-2/h10,13,19,22,28,30,32-33,35-36,38-39,57,60,66-67H,7-9,11-12,14-18,20-21,23-27,29,31,34,37,40-56,58-59,61-65H2,1-6H3,(H-,70,72,74,75)/p+1/b13-10-,22-19-,30-28-,33-32-,36-35-,39-38-,60-57-. The van der Waals surface area contributed by atoms with Gasteiger partial charge in [-0.25, -0.2) is 4.57 Å². The van der Waals surface area contributed by atoms with Gasteiger partial charge >= 0.3 is 13.8 Å². The van der Waals surface area contributed by atoms with E-state index in [9.17, 15) is 19.0 Å². The van der Waals surface area contributed by atoms with Crippen molar-refractivity contribution >= 4 is 19.7 Å². The number of nitrogens with one attached hydrogen (secondary N) is 1. The molecular weight excluding hydrogens is 1000 g/mol. The Kier molecular flexibility index (Phi) is 56.3. The predicted molar refractivity (Wildman–Crippen MR) is 341 cm³/mol. The maximum absolute atomic E-state index is 13.6. The number of allylic oxidation sites excluding steroid dienone is 13. The summed E-state index contributed by atoms with van der Waals surface area (Å²) in [6.45, 7) is 6.91. The van der Waals surface area contributed by atoms with Crippen LogP contribution in [-0.4, -0.2) is 74.3 Å². The quantitative estimate of drug-likeness (QED) is 0.0205. The molecule has 9 nitrogen and oxygen atoms in total. The van der Waals surface area contributed by atoms with E-state index in [0.717, 1.165) is 122 Å². The van der Waals surface area contributed by atoms with E-state index in [2.05, 4.69) is 99.0 Å². The number of ether oxygens (including phenoxy) is 1. The number of phosphoric ester groups is 1. The number of carbonyl (C=O) groups excluding carboxylic acids is 2. The van der Waals surface area contributed by atoms with E-state index < -0.39 is 20.0 Å². The van der Waals surface area contributed by atoms with E-state index in [1.807, 2.05) is 33.3 Å². The molecule has 3 unspecified atom stereocenters. The van der Waals surface area contributed by atoms with Crippen molar-refractivity contribution in [3.63, 3.8) is 0 Å². The van der Waals surface area contributed by atoms with E-state index in [-0.39, 0.29) is 31.5 Å². The number of esters is 1. The van der Waals surface area contributed by atoms with Crippen molar-refractivity contribution in [2.75, 3.05) is 40.9 Å². The molecule has 2 N–H and O–H groups in total. The van der Waals surface area contributed by atoms with Gasteiger partial charge in [-0.15, -0.1) is 0 Å². The molecule has 3 atom stereocenters. The number of likely N-dealkylation sites (N-methyl/N-ethyl adjacent to an activating group) is 1. The normalized spacial score (nSPS) is 14.2. The predicted octanol–water partition coefficient (Wildman–Crippen LogP) is 20.6. The molecule has 0 fully saturated rings. The number of amides is 1. The van der Waals surface area contributed by atoms with Crippen LogP contribution in [-0.2, 0) is 27.9 Å². The summed E-state index contributed by atoms with van der Waals surface area (Å²) in [5.41, 5.74) is 0. The lowest BCUT2D eigenvalue weighted by atomic mass is 10.0. The first-order valence-corrected chi connectivity index (χ1v) is 34.4. The van der Waals surface area contributed by atoms with Crippen molar-refractivity contribution in [3.8, 4) is 0 Å². The summed E-state index contributed by atoms with van der Waals surface area (Å²) < 4.78 is 30.7. The van der Waals surface area contributed by atoms with Crippen LogP contribution >= 0.6 is 7.82 Å². The van der Waals surface area contributed by atoms with E-state index in [0.29, 0.717) is 17.4 Å². The van der Waals surface area contributed by atoms with Crippen molar-refractivity contribution < 1.29 is 37.3 Å². The Hall–Kier alpha value is -2.81. The lowest BCUT2D eigenvalue weighted by Gasteiger charge is -2.27. The van der Waals surface area contributed by atoms with Gasteiger partial charge in [-0.1, -0.05) is 280 Å². The summed E-state index contributed by atoms with van der Waals surface area (Å²) in [6, 6.07) is -0.859. The molecule has 79 heavy (non-hydrogen) atoms. The summed E-state index contributed by atoms with van der Waals surface area (Å²) in [6.07, 6.45) is 77.2. The smallest absolute Gasteiger partial charge is 0.456 e. The third kappa shape index (κ3) is 59.6. The zero-order valence-corrected chi connectivity index (χ0v) is 53.2. The van der Waals surface area contributed by atoms with E-state index in [1.165, 1.54) is 135 Å². The van der Waals surface area contributed by atoms with Gasteiger partial charge in [-0.3, -0.25) is 18.6 Å². The highest BCUT2D eigenvalue weighted by Gasteiger charge is 2.30. The van der Waals surface area contributed by atoms with Gasteiger partial charge in [0.25, 0.3) is 0 Å². The van der Waals surface area contributed by atoms with Crippen LogP contribution in [0.3, 0.4) is 0 Å². The molecule has 0 aliphatic heterocycles. The number of quaternary nitrogens is 1. The molecule has 0 aromatic rings. The minimum Gasteiger partial charge on any atom is -0.456 e. The van der Waals surface area contributed by atoms with Gasteiger partial charge < -0.3 is 19.4 Å². The van der Waals surface area contributed by atoms with Gasteiger partial charge in [0, 0.05) is 12.8 Å². The maximum atomic E-state index is 13.6. The average molecular weight is 1130 g/mol. The number of carbonyl (C=O) groups is 2. The second-order valence-electron chi connectivity index (χ2n) is 23.3. The molecule has 0 saturated carbocycles. The van der Waals surface area contributed by atoms with Gasteiger partial charge in [-0.2, -0.15) is 0 Å². The van der Waals surface area contributed by atoms with Crippen LogP contribution in [0.2, 0.25) is 0 Å². The molecule has 0 aliphatic rings. The van der Waals surface area contributed by atoms with E-state index in [4.69, 9.17) is 13.8 Å². The minimum atomic E-state index is -4.46. The lowest BCUT2D eigenvalue weighted by molar-refractivity contribution is -0.870. The monoisotopic (exact) mass is 1130 g/mol. The highest BCUT2D eigenvalue weighted by molar-refractivity contribution is 7.47. The minimum absolute atomic E-state index is 0.0351. The molecule has 0 bridgehead atoms. The van der Waals surface area contributed by atoms with E-state index >= 15 is 0 Å². The second kappa shape index (κ2) is 58.4. The summed E-state index contributed by atoms with van der Waals surface area (Å²) >= 11 is 0. The summed E-state index contributed by atoms with van der Waals surface area (Å²) in [7, 11) is 1.48. The van der Waals surface area contributed by atoms with Gasteiger partial charge in [0.1, 0.15) is 19.3 Å². The summed E-state index contributed by atoms with van der Waals surface area (Å²) in [5.74, 6) is -0.516. The number of rotatable bonds is 59. The molecule has 0 rings (SSSR count). The van der Waals surface area contributed by atoms with Crippen LogP contribution in [0.25, 0.3) is 0 Å². The first-order chi connectivity index (χ1) is 38.4. The van der Waals surface area contributed by atoms with Crippen molar-refractivity contribution in [1.82, 2.24) is 5.32 Å². The van der Waals surface area contributed by atoms with Crippen molar-refractivity contribution in [2.45, 2.75) is 303 Å². The first kappa shape index (κ1) is 76.2. The van der Waals surface area contributed by atoms with Crippen LogP contribution in [0.1, 0.15) is 290 Å². The summed E-state index contributed by atoms with van der Waals surface area (Å²) in [5, 5.41) is 3.06. The number of hydrogen-bond acceptors (Lipinski definition) is 6. The van der Waals surface area contributed by atoms with Crippen LogP contribution in [0.15, 0.2) is 85.1 Å². The van der Waals surface area contributed by atoms with Gasteiger partial charge in [0.05, 0.1) is 33.8 Å². The fourth-order valence-electron chi connectivity index (χ4n) is 9.30. The Labute approximate surface area is 488 Å². The number of hydrogen-bond donors (Lipinski definition) is 2. The highest BCUT2D eigenvalue weighted by atomic mass is 31.2. The molecule has 458 valence electrons. The fourth-order valence-corrected chi connectivity index (χ4v) is 10.0. The zero-order valence-electron chi connectivity index (χ0n) is 52.3. The molecule has 0 spiro atoms. The molecule has 0 saturated heterocycles. The number of phosphoric acid groups is 1. The largest absolute Gasteiger partial charge is 0.472 e. The van der Waals surface area contributed by atoms with Crippen LogP contribution in [0, 0.1) is 0 Å². The maximum Gasteiger partial charge on any atom is 0.472 e. The lowest BCUT2D eigenvalue weighted by Crippen LogP contribution is -2.47. The Morgan fingerprint density at radius 1 is 0.456 bits per heavy atom. The molecule has 0 aromatic carbocycles. The number of unbranched alkanes of at least 4 members (excludes halogenated alkanes) is 31. The van der Waals surface area contributed by atoms with Crippen molar-refractivity contribution in [3.05, 3.63) is 85.1 Å². The Balaban J connectivity index is 5.21. The summed E-state index contributed by atoms with van der Waals surface area (Å²) in [4.78, 5) is 37.8. The zero-order chi connectivity index (χ0) is 57.9. The fraction of sp³-hybridized carbons (Fsp3) is 0.768. The van der Waals surface area contributed by atoms with Crippen LogP contribution < -0.4 is 5.32 Å². The second-order valence-corrected chi connectivity index (χ2v) is 24.7. The number of nitrogens with zero attached hydrogens (tertiary/aromatic N) is 1. The highest BCUT2D eigenvalue weighted by Crippen LogP contribution is 2.43. The third-order valence-corrected chi connectivity index (χ3v) is 15.3. The topological polar surface area (TPSA) is 111 Å². The SMILES string of the molecule is CC/C=C\C/C=C\C/C=C\C/C=C\C/C=C\C/C=C\CCCCCCCCC(=O)NC(COP(=O)(O)OCC[N+](C)(C)C)C(/C=C\CCCCCCCCCCCCC)OC(=O)CCCCCCCCCCCCCCCCC. The average Bonchev–Trinajstić information content (AvgIpc) is 3.41. The molecule has 0 heterocycles. The molecular formula is C69H126N2O7P+. The third-order valence-electron chi connectivity index (χ3n) is 14.3. The van der Waals surface area contributed by atoms with Crippen LogP contribution in [0.4, 0.5) is 0 Å². The van der Waals surface area contributed by atoms with Crippen LogP contribution in [0.5, 0.6) is 0 Å². The molecule has 0 radical (unpaired) electrons. The van der Waals surface area contributed by atoms with Gasteiger partial charge in [0.15, 0.2) is 0 Å². The Morgan fingerprint density at radius 2 is 0.810 bits per heavy atom. The van der Waals surface area contributed by atoms with Gasteiger partial charge in [-0.05, 0) is 83.1 Å². The molecule has 0 aromatic heterocycles. The molecule has 1 amide bonds. The van der Waals surface area contributed by atoms with Gasteiger partial charge in [0.2, 0.25) is 5.91 Å². The van der Waals surface area contributed by atoms with Crippen molar-refractivity contribution in [1.29, 1.82) is 0 Å². The molecule has 0 aliphatic carbocycles. The molecule has 10 heteroatoms. The van der Waals surface area contributed by atoms with Crippen molar-refractivity contribution in [2.24, 2.45) is 0 Å². The Bertz CT molecular complexity index is 1630. The van der Waals surface area contributed by atoms with E-state index in [1.54, 1.807) is 0 Å². The Morgan fingerprint density at radius 3 is 1.22 bits per heavy atom.